The van der Waals surface area contributed by atoms with Crippen LogP contribution in [0.25, 0.3) is 0 Å². The minimum Gasteiger partial charge on any atom is -0.352 e. The Bertz CT molecular complexity index is 498. The summed E-state index contributed by atoms with van der Waals surface area (Å²) in [7, 11) is 1.62. The number of likely N-dealkylation sites (tertiary alicyclic amines) is 1. The second-order valence-corrected chi connectivity index (χ2v) is 6.97. The second kappa shape index (κ2) is 4.70. The first-order valence-corrected chi connectivity index (χ1v) is 7.66. The molecule has 0 aliphatic carbocycles. The zero-order chi connectivity index (χ0) is 12.5. The maximum absolute atomic E-state index is 11.6. The van der Waals surface area contributed by atoms with Gasteiger partial charge < -0.3 is 9.47 Å². The van der Waals surface area contributed by atoms with Crippen molar-refractivity contribution in [3.8, 4) is 0 Å². The van der Waals surface area contributed by atoms with Crippen molar-refractivity contribution >= 4 is 25.6 Å². The first kappa shape index (κ1) is 12.4. The number of halogens is 1. The molecule has 7 heteroatoms. The number of hydrogen-bond acceptors (Lipinski definition) is 3. The molecule has 1 amide bonds. The highest BCUT2D eigenvalue weighted by Crippen LogP contribution is 2.20. The predicted octanol–water partition coefficient (Wildman–Crippen LogP) is 0.658. The summed E-state index contributed by atoms with van der Waals surface area (Å²) < 4.78 is 24.2. The molecule has 1 saturated heterocycles. The smallest absolute Gasteiger partial charge is 0.237 e. The van der Waals surface area contributed by atoms with Crippen LogP contribution in [0.5, 0.6) is 0 Å². The maximum atomic E-state index is 11.6. The van der Waals surface area contributed by atoms with E-state index in [0.717, 1.165) is 0 Å². The summed E-state index contributed by atoms with van der Waals surface area (Å²) in [5.41, 5.74) is 0. The molecule has 0 spiro atoms. The lowest BCUT2D eigenvalue weighted by molar-refractivity contribution is -0.127. The van der Waals surface area contributed by atoms with Crippen LogP contribution in [0.1, 0.15) is 6.42 Å². The van der Waals surface area contributed by atoms with E-state index in [1.165, 1.54) is 0 Å². The number of aromatic nitrogens is 1. The Hall–Kier alpha value is -1.01. The first-order chi connectivity index (χ1) is 7.97. The van der Waals surface area contributed by atoms with Crippen molar-refractivity contribution in [1.29, 1.82) is 0 Å². The Morgan fingerprint density at radius 3 is 2.47 bits per heavy atom. The Kier molecular flexibility index (Phi) is 3.44. The number of carbonyl (C=O) groups is 1. The quantitative estimate of drug-likeness (QED) is 0.759. The van der Waals surface area contributed by atoms with E-state index in [-0.39, 0.29) is 18.9 Å². The molecule has 17 heavy (non-hydrogen) atoms. The van der Waals surface area contributed by atoms with Gasteiger partial charge in [-0.2, -0.15) is 0 Å². The molecule has 0 aromatic carbocycles. The minimum absolute atomic E-state index is 0.00247. The fraction of sp³-hybridized carbons (Fsp3) is 0.500. The van der Waals surface area contributed by atoms with Gasteiger partial charge in [0.2, 0.25) is 15.0 Å². The topological polar surface area (TPSA) is 59.4 Å². The van der Waals surface area contributed by atoms with E-state index in [1.54, 1.807) is 4.90 Å². The number of hydrogen-bond donors (Lipinski definition) is 0. The van der Waals surface area contributed by atoms with Crippen LogP contribution in [-0.4, -0.2) is 42.1 Å². The Labute approximate surface area is 104 Å². The molecule has 1 aliphatic rings. The molecule has 0 radical (unpaired) electrons. The zero-order valence-electron chi connectivity index (χ0n) is 9.12. The Balaban J connectivity index is 1.93. The molecule has 0 N–H and O–H groups in total. The summed E-state index contributed by atoms with van der Waals surface area (Å²) in [6.45, 7) is 1.37. The van der Waals surface area contributed by atoms with Crippen LogP contribution in [-0.2, 0) is 20.4 Å². The Morgan fingerprint density at radius 1 is 1.29 bits per heavy atom. The fourth-order valence-electron chi connectivity index (χ4n) is 1.90. The summed E-state index contributed by atoms with van der Waals surface area (Å²) in [6, 6.07) is 3.80. The molecule has 1 atom stereocenters. The molecule has 94 valence electrons. The molecule has 0 saturated carbocycles. The van der Waals surface area contributed by atoms with E-state index in [4.69, 9.17) is 10.7 Å². The van der Waals surface area contributed by atoms with Gasteiger partial charge in [0.05, 0.1) is 0 Å². The van der Waals surface area contributed by atoms with Gasteiger partial charge in [-0.05, 0) is 12.1 Å². The van der Waals surface area contributed by atoms with E-state index < -0.39 is 14.3 Å². The highest BCUT2D eigenvalue weighted by atomic mass is 35.7. The highest BCUT2D eigenvalue weighted by molar-refractivity contribution is 8.14. The average molecular weight is 277 g/mol. The highest BCUT2D eigenvalue weighted by Gasteiger charge is 2.36. The summed E-state index contributed by atoms with van der Waals surface area (Å²) in [4.78, 5) is 13.1. The van der Waals surface area contributed by atoms with Crippen LogP contribution in [0.3, 0.4) is 0 Å². The molecular weight excluding hydrogens is 264 g/mol. The van der Waals surface area contributed by atoms with E-state index in [2.05, 4.69) is 0 Å². The lowest BCUT2D eigenvalue weighted by Gasteiger charge is -2.16. The van der Waals surface area contributed by atoms with Crippen molar-refractivity contribution in [2.75, 3.05) is 13.1 Å². The SMILES string of the molecule is O=C1CC(S(=O)(=O)Cl)CN1CCn1cccc1. The van der Waals surface area contributed by atoms with E-state index in [0.29, 0.717) is 13.1 Å². The van der Waals surface area contributed by atoms with Gasteiger partial charge in [0.15, 0.2) is 0 Å². The number of nitrogens with zero attached hydrogens (tertiary/aromatic N) is 2. The molecule has 1 aliphatic heterocycles. The summed E-state index contributed by atoms with van der Waals surface area (Å²) >= 11 is 0. The third-order valence-corrected chi connectivity index (χ3v) is 4.74. The lowest BCUT2D eigenvalue weighted by Crippen LogP contribution is -2.30. The molecule has 1 aromatic heterocycles. The van der Waals surface area contributed by atoms with Crippen LogP contribution in [0.2, 0.25) is 0 Å². The molecule has 5 nitrogen and oxygen atoms in total. The molecule has 0 bridgehead atoms. The molecule has 2 heterocycles. The average Bonchev–Trinajstić information content (AvgIpc) is 2.83. The number of amides is 1. The Morgan fingerprint density at radius 2 is 1.94 bits per heavy atom. The maximum Gasteiger partial charge on any atom is 0.237 e. The van der Waals surface area contributed by atoms with Crippen molar-refractivity contribution in [2.24, 2.45) is 0 Å². The normalized spacial score (nSPS) is 21.1. The van der Waals surface area contributed by atoms with Crippen LogP contribution in [0.4, 0.5) is 0 Å². The van der Waals surface area contributed by atoms with Gasteiger partial charge in [0.25, 0.3) is 0 Å². The second-order valence-electron chi connectivity index (χ2n) is 4.06. The largest absolute Gasteiger partial charge is 0.352 e. The van der Waals surface area contributed by atoms with Crippen LogP contribution in [0.15, 0.2) is 24.5 Å². The molecule has 1 unspecified atom stereocenters. The monoisotopic (exact) mass is 276 g/mol. The first-order valence-electron chi connectivity index (χ1n) is 5.29. The zero-order valence-corrected chi connectivity index (χ0v) is 10.7. The van der Waals surface area contributed by atoms with Gasteiger partial charge in [-0.1, -0.05) is 0 Å². The third-order valence-electron chi connectivity index (χ3n) is 2.87. The van der Waals surface area contributed by atoms with Gasteiger partial charge in [0.1, 0.15) is 5.25 Å². The summed E-state index contributed by atoms with van der Waals surface area (Å²) in [5.74, 6) is -0.147. The van der Waals surface area contributed by atoms with Gasteiger partial charge >= 0.3 is 0 Å². The van der Waals surface area contributed by atoms with Crippen LogP contribution in [0, 0.1) is 0 Å². The standard InChI is InChI=1S/C10H13ClN2O3S/c11-17(15,16)9-7-10(14)13(8-9)6-5-12-3-1-2-4-12/h1-4,9H,5-8H2. The predicted molar refractivity (Wildman–Crippen MR) is 64.2 cm³/mol. The number of carbonyl (C=O) groups excluding carboxylic acids is 1. The van der Waals surface area contributed by atoms with Crippen molar-refractivity contribution in [3.05, 3.63) is 24.5 Å². The third kappa shape index (κ3) is 3.01. The van der Waals surface area contributed by atoms with Crippen molar-refractivity contribution in [2.45, 2.75) is 18.2 Å². The van der Waals surface area contributed by atoms with Gasteiger partial charge in [-0.3, -0.25) is 4.79 Å². The lowest BCUT2D eigenvalue weighted by atomic mass is 10.4. The van der Waals surface area contributed by atoms with Crippen molar-refractivity contribution < 1.29 is 13.2 Å². The van der Waals surface area contributed by atoms with E-state index >= 15 is 0 Å². The molecule has 1 aromatic rings. The van der Waals surface area contributed by atoms with Crippen LogP contribution >= 0.6 is 10.7 Å². The van der Waals surface area contributed by atoms with E-state index in [1.807, 2.05) is 29.1 Å². The summed E-state index contributed by atoms with van der Waals surface area (Å²) in [5, 5.41) is -0.763. The minimum atomic E-state index is -3.64. The van der Waals surface area contributed by atoms with E-state index in [9.17, 15) is 13.2 Å². The van der Waals surface area contributed by atoms with Gasteiger partial charge in [-0.25, -0.2) is 8.42 Å². The molecule has 2 rings (SSSR count). The van der Waals surface area contributed by atoms with Crippen molar-refractivity contribution in [1.82, 2.24) is 9.47 Å². The van der Waals surface area contributed by atoms with Crippen LogP contribution < -0.4 is 0 Å². The molecular formula is C10H13ClN2O3S. The fourth-order valence-corrected chi connectivity index (χ4v) is 2.95. The molecule has 1 fully saturated rings. The summed E-state index contributed by atoms with van der Waals surface area (Å²) in [6.07, 6.45) is 3.80. The van der Waals surface area contributed by atoms with Gasteiger partial charge in [0, 0.05) is 49.1 Å². The van der Waals surface area contributed by atoms with Gasteiger partial charge in [-0.15, -0.1) is 0 Å². The van der Waals surface area contributed by atoms with Crippen molar-refractivity contribution in [3.63, 3.8) is 0 Å². The number of rotatable bonds is 4.